The Bertz CT molecular complexity index is 1400. The summed E-state index contributed by atoms with van der Waals surface area (Å²) in [4.78, 5) is 42.0. The van der Waals surface area contributed by atoms with Crippen LogP contribution in [0, 0.1) is 12.7 Å². The molecule has 2 aromatic carbocycles. The number of carbonyl (C=O) groups excluding carboxylic acids is 1. The van der Waals surface area contributed by atoms with Crippen LogP contribution in [0.4, 0.5) is 10.1 Å². The lowest BCUT2D eigenvalue weighted by Crippen LogP contribution is -2.25. The summed E-state index contributed by atoms with van der Waals surface area (Å²) < 4.78 is 17.7. The molecule has 0 bridgehead atoms. The molecule has 2 aromatic heterocycles. The fraction of sp³-hybridized carbons (Fsp3) is 0.182. The van der Waals surface area contributed by atoms with E-state index in [1.54, 1.807) is 30.8 Å². The average molecular weight is 421 g/mol. The van der Waals surface area contributed by atoms with Crippen molar-refractivity contribution in [3.63, 3.8) is 0 Å². The van der Waals surface area contributed by atoms with Crippen molar-refractivity contribution in [1.29, 1.82) is 0 Å². The molecule has 2 heterocycles. The van der Waals surface area contributed by atoms with E-state index >= 15 is 0 Å². The summed E-state index contributed by atoms with van der Waals surface area (Å²) in [6.07, 6.45) is 1.25. The predicted octanol–water partition coefficient (Wildman–Crippen LogP) is 2.36. The second-order valence-corrected chi connectivity index (χ2v) is 7.14. The van der Waals surface area contributed by atoms with E-state index in [0.29, 0.717) is 11.4 Å². The fourth-order valence-electron chi connectivity index (χ4n) is 3.43. The molecule has 158 valence electrons. The molecule has 8 nitrogen and oxygen atoms in total. The van der Waals surface area contributed by atoms with Gasteiger partial charge in [0.25, 0.3) is 11.1 Å². The number of nitrogens with one attached hydrogen (secondary N) is 1. The molecule has 0 spiro atoms. The molecular weight excluding hydrogens is 401 g/mol. The number of carbonyl (C=O) groups is 1. The summed E-state index contributed by atoms with van der Waals surface area (Å²) in [6, 6.07) is 12.9. The third-order valence-corrected chi connectivity index (χ3v) is 5.19. The minimum Gasteiger partial charge on any atom is -0.320 e. The van der Waals surface area contributed by atoms with Crippen LogP contribution in [-0.4, -0.2) is 24.8 Å². The molecule has 9 heteroatoms. The highest BCUT2D eigenvalue weighted by Gasteiger charge is 2.18. The molecule has 4 aromatic rings. The summed E-state index contributed by atoms with van der Waals surface area (Å²) in [5, 5.41) is 2.94. The van der Waals surface area contributed by atoms with Gasteiger partial charge in [0.2, 0.25) is 5.91 Å². The van der Waals surface area contributed by atoms with E-state index in [2.05, 4.69) is 10.3 Å². The van der Waals surface area contributed by atoms with E-state index in [1.165, 1.54) is 33.8 Å². The number of rotatable bonds is 5. The molecule has 0 fully saturated rings. The standard InChI is InChI=1S/C22H20FN5O3/c1-14-20(22(31)28(26(14)2)16-6-4-3-5-7-16)25-19(29)10-11-27-13-24-18-12-15(23)8-9-17(18)21(27)30/h3-9,12-13H,10-11H2,1-2H3,(H,25,29). The van der Waals surface area contributed by atoms with Crippen LogP contribution < -0.4 is 16.4 Å². The minimum absolute atomic E-state index is 0.0343. The van der Waals surface area contributed by atoms with Crippen molar-refractivity contribution in [2.45, 2.75) is 19.9 Å². The van der Waals surface area contributed by atoms with Crippen LogP contribution >= 0.6 is 0 Å². The molecular formula is C22H20FN5O3. The monoisotopic (exact) mass is 421 g/mol. The Kier molecular flexibility index (Phi) is 5.24. The van der Waals surface area contributed by atoms with E-state index in [9.17, 15) is 18.8 Å². The molecule has 31 heavy (non-hydrogen) atoms. The molecule has 0 aliphatic rings. The zero-order valence-electron chi connectivity index (χ0n) is 17.0. The topological polar surface area (TPSA) is 90.9 Å². The highest BCUT2D eigenvalue weighted by molar-refractivity contribution is 5.91. The normalized spacial score (nSPS) is 11.1. The lowest BCUT2D eigenvalue weighted by molar-refractivity contribution is -0.116. The Hall–Kier alpha value is -4.01. The molecule has 0 aliphatic carbocycles. The van der Waals surface area contributed by atoms with Crippen molar-refractivity contribution in [2.24, 2.45) is 7.05 Å². The Morgan fingerprint density at radius 3 is 2.58 bits per heavy atom. The molecule has 0 unspecified atom stereocenters. The smallest absolute Gasteiger partial charge is 0.295 e. The van der Waals surface area contributed by atoms with E-state index in [4.69, 9.17) is 0 Å². The number of fused-ring (bicyclic) bond motifs is 1. The van der Waals surface area contributed by atoms with Crippen LogP contribution in [0.15, 0.2) is 64.4 Å². The first-order valence-electron chi connectivity index (χ1n) is 9.65. The van der Waals surface area contributed by atoms with Crippen LogP contribution in [0.5, 0.6) is 0 Å². The summed E-state index contributed by atoms with van der Waals surface area (Å²) >= 11 is 0. The first kappa shape index (κ1) is 20.3. The molecule has 0 atom stereocenters. The Labute approximate surface area is 176 Å². The molecule has 0 radical (unpaired) electrons. The molecule has 1 N–H and O–H groups in total. The van der Waals surface area contributed by atoms with E-state index in [0.717, 1.165) is 0 Å². The van der Waals surface area contributed by atoms with Crippen molar-refractivity contribution in [1.82, 2.24) is 18.9 Å². The molecule has 4 rings (SSSR count). The SMILES string of the molecule is Cc1c(NC(=O)CCn2cnc3cc(F)ccc3c2=O)c(=O)n(-c2ccccc2)n1C. The van der Waals surface area contributed by atoms with E-state index in [-0.39, 0.29) is 40.7 Å². The molecule has 0 saturated carbocycles. The number of aromatic nitrogens is 4. The van der Waals surface area contributed by atoms with Crippen LogP contribution in [0.1, 0.15) is 12.1 Å². The number of anilines is 1. The molecule has 1 amide bonds. The van der Waals surface area contributed by atoms with Gasteiger partial charge in [0, 0.05) is 26.1 Å². The van der Waals surface area contributed by atoms with Crippen LogP contribution in [0.2, 0.25) is 0 Å². The van der Waals surface area contributed by atoms with Gasteiger partial charge in [-0.15, -0.1) is 0 Å². The molecule has 0 saturated heterocycles. The van der Waals surface area contributed by atoms with Gasteiger partial charge in [0.15, 0.2) is 0 Å². The Morgan fingerprint density at radius 1 is 1.10 bits per heavy atom. The number of hydrogen-bond acceptors (Lipinski definition) is 4. The minimum atomic E-state index is -0.476. The first-order chi connectivity index (χ1) is 14.9. The van der Waals surface area contributed by atoms with Crippen molar-refractivity contribution in [3.05, 3.63) is 87.1 Å². The number of amides is 1. The third kappa shape index (κ3) is 3.77. The predicted molar refractivity (Wildman–Crippen MR) is 115 cm³/mol. The quantitative estimate of drug-likeness (QED) is 0.536. The van der Waals surface area contributed by atoms with Gasteiger partial charge in [0.1, 0.15) is 11.5 Å². The second kappa shape index (κ2) is 8.02. The van der Waals surface area contributed by atoms with Gasteiger partial charge in [-0.1, -0.05) is 18.2 Å². The van der Waals surface area contributed by atoms with Crippen LogP contribution in [0.25, 0.3) is 16.6 Å². The zero-order chi connectivity index (χ0) is 22.1. The summed E-state index contributed by atoms with van der Waals surface area (Å²) in [5.41, 5.74) is 1.03. The van der Waals surface area contributed by atoms with Gasteiger partial charge in [-0.25, -0.2) is 14.1 Å². The Balaban J connectivity index is 1.53. The van der Waals surface area contributed by atoms with Crippen LogP contribution in [-0.2, 0) is 18.4 Å². The number of halogens is 1. The summed E-state index contributed by atoms with van der Waals surface area (Å²) in [7, 11) is 1.74. The molecule has 0 aliphatic heterocycles. The van der Waals surface area contributed by atoms with Crippen molar-refractivity contribution in [3.8, 4) is 5.69 Å². The largest absolute Gasteiger partial charge is 0.320 e. The fourth-order valence-corrected chi connectivity index (χ4v) is 3.43. The highest BCUT2D eigenvalue weighted by atomic mass is 19.1. The number of aryl methyl sites for hydroxylation is 1. The van der Waals surface area contributed by atoms with E-state index < -0.39 is 11.7 Å². The Morgan fingerprint density at radius 2 is 1.84 bits per heavy atom. The van der Waals surface area contributed by atoms with Gasteiger partial charge < -0.3 is 5.32 Å². The lowest BCUT2D eigenvalue weighted by Gasteiger charge is -2.07. The number of benzene rings is 2. The van der Waals surface area contributed by atoms with Gasteiger partial charge in [0.05, 0.1) is 28.6 Å². The maximum Gasteiger partial charge on any atom is 0.295 e. The van der Waals surface area contributed by atoms with Gasteiger partial charge in [-0.3, -0.25) is 23.6 Å². The maximum atomic E-state index is 13.3. The number of nitrogens with zero attached hydrogens (tertiary/aromatic N) is 4. The first-order valence-corrected chi connectivity index (χ1v) is 9.65. The average Bonchev–Trinajstić information content (AvgIpc) is 2.97. The highest BCUT2D eigenvalue weighted by Crippen LogP contribution is 2.14. The second-order valence-electron chi connectivity index (χ2n) is 7.14. The van der Waals surface area contributed by atoms with Crippen molar-refractivity contribution in [2.75, 3.05) is 5.32 Å². The van der Waals surface area contributed by atoms with Gasteiger partial charge in [-0.05, 0) is 31.2 Å². The van der Waals surface area contributed by atoms with Crippen molar-refractivity contribution < 1.29 is 9.18 Å². The van der Waals surface area contributed by atoms with E-state index in [1.807, 2.05) is 18.2 Å². The summed E-state index contributed by atoms with van der Waals surface area (Å²) in [6.45, 7) is 1.82. The van der Waals surface area contributed by atoms with Gasteiger partial charge >= 0.3 is 0 Å². The summed E-state index contributed by atoms with van der Waals surface area (Å²) in [5.74, 6) is -0.881. The van der Waals surface area contributed by atoms with Crippen LogP contribution in [0.3, 0.4) is 0 Å². The zero-order valence-corrected chi connectivity index (χ0v) is 17.0. The lowest BCUT2D eigenvalue weighted by atomic mass is 10.2. The number of para-hydroxylation sites is 1. The number of hydrogen-bond donors (Lipinski definition) is 1. The third-order valence-electron chi connectivity index (χ3n) is 5.19. The maximum absolute atomic E-state index is 13.3. The van der Waals surface area contributed by atoms with Gasteiger partial charge in [-0.2, -0.15) is 0 Å². The van der Waals surface area contributed by atoms with Crippen molar-refractivity contribution >= 4 is 22.5 Å².